The number of ether oxygens (including phenoxy) is 1. The second-order valence-corrected chi connectivity index (χ2v) is 8.40. The highest BCUT2D eigenvalue weighted by atomic mass is 16.5. The molecule has 3 heterocycles. The van der Waals surface area contributed by atoms with Gasteiger partial charge in [-0.15, -0.1) is 0 Å². The lowest BCUT2D eigenvalue weighted by Gasteiger charge is -2.29. The second-order valence-electron chi connectivity index (χ2n) is 8.40. The zero-order chi connectivity index (χ0) is 24.4. The Hall–Kier alpha value is -4.17. The van der Waals surface area contributed by atoms with Crippen molar-refractivity contribution >= 4 is 16.9 Å². The molecule has 1 saturated heterocycles. The highest BCUT2D eigenvalue weighted by Crippen LogP contribution is 2.43. The molecule has 0 radical (unpaired) electrons. The van der Waals surface area contributed by atoms with Gasteiger partial charge in [0.15, 0.2) is 5.43 Å². The van der Waals surface area contributed by atoms with Crippen molar-refractivity contribution in [2.75, 3.05) is 26.3 Å². The van der Waals surface area contributed by atoms with E-state index in [1.807, 2.05) is 18.2 Å². The average Bonchev–Trinajstić information content (AvgIpc) is 2.89. The van der Waals surface area contributed by atoms with Crippen LogP contribution in [0.5, 0.6) is 11.5 Å². The van der Waals surface area contributed by atoms with Crippen LogP contribution < -0.4 is 5.43 Å². The molecule has 1 fully saturated rings. The van der Waals surface area contributed by atoms with Gasteiger partial charge in [0.1, 0.15) is 28.2 Å². The Morgan fingerprint density at radius 1 is 1.00 bits per heavy atom. The van der Waals surface area contributed by atoms with Gasteiger partial charge in [0.05, 0.1) is 13.2 Å². The van der Waals surface area contributed by atoms with E-state index >= 15 is 0 Å². The van der Waals surface area contributed by atoms with Gasteiger partial charge in [-0.2, -0.15) is 0 Å². The molecule has 0 aliphatic carbocycles. The van der Waals surface area contributed by atoms with Crippen LogP contribution in [0.2, 0.25) is 0 Å². The predicted octanol–water partition coefficient (Wildman–Crippen LogP) is 3.65. The largest absolute Gasteiger partial charge is 0.507 e. The van der Waals surface area contributed by atoms with E-state index in [9.17, 15) is 19.8 Å². The van der Waals surface area contributed by atoms with Gasteiger partial charge in [-0.1, -0.05) is 30.3 Å². The zero-order valence-corrected chi connectivity index (χ0v) is 18.9. The Morgan fingerprint density at radius 3 is 2.43 bits per heavy atom. The van der Waals surface area contributed by atoms with E-state index in [1.54, 1.807) is 41.6 Å². The number of rotatable bonds is 5. The summed E-state index contributed by atoms with van der Waals surface area (Å²) in [5, 5.41) is 21.5. The molecule has 0 spiro atoms. The predicted molar refractivity (Wildman–Crippen MR) is 129 cm³/mol. The fourth-order valence-corrected chi connectivity index (χ4v) is 4.50. The Balaban J connectivity index is 1.71. The molecule has 0 unspecified atom stereocenters. The minimum atomic E-state index is -0.648. The van der Waals surface area contributed by atoms with Crippen LogP contribution in [0.3, 0.4) is 0 Å². The number of phenolic OH excluding ortho intramolecular Hbond substituents is 2. The van der Waals surface area contributed by atoms with Crippen LogP contribution in [-0.4, -0.2) is 52.3 Å². The van der Waals surface area contributed by atoms with Crippen LogP contribution in [0.15, 0.2) is 76.2 Å². The number of nitrogens with zero attached hydrogens (tertiary/aromatic N) is 2. The summed E-state index contributed by atoms with van der Waals surface area (Å²) < 4.78 is 11.5. The van der Waals surface area contributed by atoms with Crippen molar-refractivity contribution in [3.05, 3.63) is 88.3 Å². The fraction of sp³-hybridized carbons (Fsp3) is 0.222. The Morgan fingerprint density at radius 2 is 1.71 bits per heavy atom. The average molecular weight is 472 g/mol. The standard InChI is InChI=1S/C27H24N2O6/c30-20-15-21(31)26-22(32)16-23(18-4-2-1-3-5-18)35-27(26)25(20)19(17-6-8-28-9-7-17)14-24(33)29-10-12-34-13-11-29/h1-9,15-16,19,30-31H,10-14H2/t19-/m1/s1. The van der Waals surface area contributed by atoms with Gasteiger partial charge in [0, 0.05) is 61.1 Å². The van der Waals surface area contributed by atoms with Crippen LogP contribution in [0.4, 0.5) is 0 Å². The number of fused-ring (bicyclic) bond motifs is 1. The molecule has 8 heteroatoms. The highest BCUT2D eigenvalue weighted by molar-refractivity contribution is 5.91. The minimum Gasteiger partial charge on any atom is -0.507 e. The molecule has 1 aliphatic heterocycles. The van der Waals surface area contributed by atoms with E-state index in [1.165, 1.54) is 6.07 Å². The number of amides is 1. The number of pyridine rings is 1. The molecule has 5 rings (SSSR count). The third-order valence-corrected chi connectivity index (χ3v) is 6.26. The van der Waals surface area contributed by atoms with Crippen LogP contribution in [0, 0.1) is 0 Å². The van der Waals surface area contributed by atoms with Crippen molar-refractivity contribution < 1.29 is 24.2 Å². The van der Waals surface area contributed by atoms with Crippen molar-refractivity contribution in [1.82, 2.24) is 9.88 Å². The third kappa shape index (κ3) is 4.48. The van der Waals surface area contributed by atoms with E-state index in [-0.39, 0.29) is 40.4 Å². The van der Waals surface area contributed by atoms with Gasteiger partial charge in [0.25, 0.3) is 0 Å². The van der Waals surface area contributed by atoms with E-state index in [2.05, 4.69) is 4.98 Å². The van der Waals surface area contributed by atoms with Crippen LogP contribution in [-0.2, 0) is 9.53 Å². The number of carbonyl (C=O) groups is 1. The topological polar surface area (TPSA) is 113 Å². The molecule has 0 bridgehead atoms. The van der Waals surface area contributed by atoms with Gasteiger partial charge in [-0.05, 0) is 17.7 Å². The third-order valence-electron chi connectivity index (χ3n) is 6.26. The zero-order valence-electron chi connectivity index (χ0n) is 18.9. The molecular weight excluding hydrogens is 448 g/mol. The number of carbonyl (C=O) groups excluding carboxylic acids is 1. The van der Waals surface area contributed by atoms with Crippen molar-refractivity contribution in [3.63, 3.8) is 0 Å². The van der Waals surface area contributed by atoms with Crippen LogP contribution in [0.1, 0.15) is 23.5 Å². The van der Waals surface area contributed by atoms with Crippen LogP contribution >= 0.6 is 0 Å². The summed E-state index contributed by atoms with van der Waals surface area (Å²) in [6, 6.07) is 15.1. The normalized spacial score (nSPS) is 14.7. The number of hydrogen-bond donors (Lipinski definition) is 2. The van der Waals surface area contributed by atoms with Crippen molar-refractivity contribution in [1.29, 1.82) is 0 Å². The molecule has 1 amide bonds. The van der Waals surface area contributed by atoms with Gasteiger partial charge in [-0.3, -0.25) is 14.6 Å². The molecule has 2 aromatic carbocycles. The van der Waals surface area contributed by atoms with Gasteiger partial charge < -0.3 is 24.3 Å². The first-order chi connectivity index (χ1) is 17.0. The van der Waals surface area contributed by atoms with E-state index in [0.29, 0.717) is 37.6 Å². The fourth-order valence-electron chi connectivity index (χ4n) is 4.50. The minimum absolute atomic E-state index is 0.0245. The number of benzene rings is 2. The first-order valence-electron chi connectivity index (χ1n) is 11.4. The first kappa shape index (κ1) is 22.6. The summed E-state index contributed by atoms with van der Waals surface area (Å²) in [7, 11) is 0. The number of hydrogen-bond acceptors (Lipinski definition) is 7. The van der Waals surface area contributed by atoms with Gasteiger partial charge >= 0.3 is 0 Å². The first-order valence-corrected chi connectivity index (χ1v) is 11.4. The summed E-state index contributed by atoms with van der Waals surface area (Å²) >= 11 is 0. The maximum atomic E-state index is 13.3. The summed E-state index contributed by atoms with van der Waals surface area (Å²) in [5.74, 6) is -1.12. The SMILES string of the molecule is O=C(C[C@H](c1ccncc1)c1c(O)cc(O)c2c(=O)cc(-c3ccccc3)oc12)N1CCOCC1. The van der Waals surface area contributed by atoms with E-state index < -0.39 is 11.3 Å². The Labute approximate surface area is 201 Å². The second kappa shape index (κ2) is 9.60. The molecule has 1 aliphatic rings. The van der Waals surface area contributed by atoms with Crippen molar-refractivity contribution in [3.8, 4) is 22.8 Å². The molecule has 2 aromatic heterocycles. The molecule has 8 nitrogen and oxygen atoms in total. The lowest BCUT2D eigenvalue weighted by molar-refractivity contribution is -0.135. The van der Waals surface area contributed by atoms with E-state index in [4.69, 9.17) is 9.15 Å². The molecule has 1 atom stereocenters. The smallest absolute Gasteiger partial charge is 0.223 e. The maximum absolute atomic E-state index is 13.3. The Bertz CT molecular complexity index is 1410. The number of phenols is 2. The van der Waals surface area contributed by atoms with E-state index in [0.717, 1.165) is 11.6 Å². The number of morpholine rings is 1. The quantitative estimate of drug-likeness (QED) is 0.456. The van der Waals surface area contributed by atoms with Crippen molar-refractivity contribution in [2.45, 2.75) is 12.3 Å². The molecular formula is C27H24N2O6. The molecule has 35 heavy (non-hydrogen) atoms. The molecule has 178 valence electrons. The molecule has 4 aromatic rings. The highest BCUT2D eigenvalue weighted by Gasteiger charge is 2.30. The molecule has 2 N–H and O–H groups in total. The summed E-state index contributed by atoms with van der Waals surface area (Å²) in [5.41, 5.74) is 1.25. The number of aromatic nitrogens is 1. The summed E-state index contributed by atoms with van der Waals surface area (Å²) in [4.78, 5) is 32.1. The van der Waals surface area contributed by atoms with Crippen LogP contribution in [0.25, 0.3) is 22.3 Å². The van der Waals surface area contributed by atoms with Crippen molar-refractivity contribution in [2.24, 2.45) is 0 Å². The molecule has 0 saturated carbocycles. The van der Waals surface area contributed by atoms with Gasteiger partial charge in [-0.25, -0.2) is 0 Å². The lowest BCUT2D eigenvalue weighted by Crippen LogP contribution is -2.41. The number of aromatic hydroxyl groups is 2. The van der Waals surface area contributed by atoms with Gasteiger partial charge in [0.2, 0.25) is 5.91 Å². The lowest BCUT2D eigenvalue weighted by atomic mass is 9.86. The Kier molecular flexibility index (Phi) is 6.20. The summed E-state index contributed by atoms with van der Waals surface area (Å²) in [6.45, 7) is 1.90. The maximum Gasteiger partial charge on any atom is 0.223 e. The summed E-state index contributed by atoms with van der Waals surface area (Å²) in [6.07, 6.45) is 3.23. The monoisotopic (exact) mass is 472 g/mol.